The third kappa shape index (κ3) is 10.4. The number of rotatable bonds is 10. The third-order valence-electron chi connectivity index (χ3n) is 3.22. The molecule has 19 heavy (non-hydrogen) atoms. The number of hydrogen-bond acceptors (Lipinski definition) is 2. The summed E-state index contributed by atoms with van der Waals surface area (Å²) in [5, 5.41) is 11.4. The van der Waals surface area contributed by atoms with Gasteiger partial charge in [0.25, 0.3) is 0 Å². The Balaban J connectivity index is 3.50. The normalized spacial score (nSPS) is 11.9. The lowest BCUT2D eigenvalue weighted by Gasteiger charge is -2.21. The Kier molecular flexibility index (Phi) is 9.94. The molecular formula is C14H28N2O3. The fraction of sp³-hybridized carbons (Fsp3) is 0.857. The van der Waals surface area contributed by atoms with Crippen LogP contribution in [0.3, 0.4) is 0 Å². The zero-order valence-corrected chi connectivity index (χ0v) is 12.4. The fourth-order valence-corrected chi connectivity index (χ4v) is 1.76. The van der Waals surface area contributed by atoms with Crippen molar-refractivity contribution in [3.8, 4) is 0 Å². The average molecular weight is 272 g/mol. The van der Waals surface area contributed by atoms with Gasteiger partial charge in [-0.15, -0.1) is 0 Å². The summed E-state index contributed by atoms with van der Waals surface area (Å²) in [5.41, 5.74) is 0. The summed E-state index contributed by atoms with van der Waals surface area (Å²) in [6, 6.07) is -0.0224. The van der Waals surface area contributed by atoms with Crippen molar-refractivity contribution in [1.82, 2.24) is 10.2 Å². The highest BCUT2D eigenvalue weighted by Crippen LogP contribution is 2.04. The minimum atomic E-state index is -0.736. The third-order valence-corrected chi connectivity index (χ3v) is 3.22. The van der Waals surface area contributed by atoms with Crippen LogP contribution in [0.2, 0.25) is 0 Å². The predicted molar refractivity (Wildman–Crippen MR) is 76.2 cm³/mol. The molecule has 0 aliphatic carbocycles. The van der Waals surface area contributed by atoms with E-state index >= 15 is 0 Å². The van der Waals surface area contributed by atoms with Crippen LogP contribution in [0.1, 0.15) is 52.4 Å². The maximum atomic E-state index is 11.7. The Labute approximate surface area is 116 Å². The Morgan fingerprint density at radius 1 is 1.21 bits per heavy atom. The maximum Gasteiger partial charge on any atom is 0.317 e. The zero-order chi connectivity index (χ0) is 14.7. The SMILES string of the molecule is CCC(C)CN(C)C(=O)NCCCCCCC(=O)O. The molecule has 0 spiro atoms. The summed E-state index contributed by atoms with van der Waals surface area (Å²) < 4.78 is 0. The molecule has 0 aromatic carbocycles. The summed E-state index contributed by atoms with van der Waals surface area (Å²) in [7, 11) is 1.81. The number of carboxylic acid groups (broad SMARTS) is 1. The molecule has 2 amide bonds. The Morgan fingerprint density at radius 3 is 2.42 bits per heavy atom. The number of carboxylic acids is 1. The largest absolute Gasteiger partial charge is 0.481 e. The molecule has 5 nitrogen and oxygen atoms in total. The van der Waals surface area contributed by atoms with Crippen molar-refractivity contribution in [3.05, 3.63) is 0 Å². The highest BCUT2D eigenvalue weighted by atomic mass is 16.4. The van der Waals surface area contributed by atoms with E-state index in [1.54, 1.807) is 4.90 Å². The van der Waals surface area contributed by atoms with Gasteiger partial charge in [-0.1, -0.05) is 33.1 Å². The van der Waals surface area contributed by atoms with Gasteiger partial charge in [-0.3, -0.25) is 4.79 Å². The number of urea groups is 1. The topological polar surface area (TPSA) is 69.6 Å². The first-order valence-corrected chi connectivity index (χ1v) is 7.18. The molecule has 0 radical (unpaired) electrons. The molecule has 2 N–H and O–H groups in total. The second-order valence-electron chi connectivity index (χ2n) is 5.18. The smallest absolute Gasteiger partial charge is 0.317 e. The number of amides is 2. The van der Waals surface area contributed by atoms with E-state index in [9.17, 15) is 9.59 Å². The number of nitrogens with one attached hydrogen (secondary N) is 1. The van der Waals surface area contributed by atoms with Gasteiger partial charge in [-0.2, -0.15) is 0 Å². The molecule has 0 fully saturated rings. The summed E-state index contributed by atoms with van der Waals surface area (Å²) in [6.07, 6.45) is 4.80. The summed E-state index contributed by atoms with van der Waals surface area (Å²) >= 11 is 0. The number of carbonyl (C=O) groups excluding carboxylic acids is 1. The van der Waals surface area contributed by atoms with Crippen LogP contribution in [0.4, 0.5) is 4.79 Å². The number of nitrogens with zero attached hydrogens (tertiary/aromatic N) is 1. The van der Waals surface area contributed by atoms with E-state index in [1.807, 2.05) is 7.05 Å². The van der Waals surface area contributed by atoms with E-state index < -0.39 is 5.97 Å². The highest BCUT2D eigenvalue weighted by Gasteiger charge is 2.10. The molecule has 0 saturated carbocycles. The van der Waals surface area contributed by atoms with Gasteiger partial charge in [0.2, 0.25) is 0 Å². The van der Waals surface area contributed by atoms with Gasteiger partial charge in [0.15, 0.2) is 0 Å². The van der Waals surface area contributed by atoms with E-state index in [4.69, 9.17) is 5.11 Å². The second-order valence-corrected chi connectivity index (χ2v) is 5.18. The highest BCUT2D eigenvalue weighted by molar-refractivity contribution is 5.73. The number of hydrogen-bond donors (Lipinski definition) is 2. The number of aliphatic carboxylic acids is 1. The van der Waals surface area contributed by atoms with Crippen LogP contribution in [0.5, 0.6) is 0 Å². The van der Waals surface area contributed by atoms with Gasteiger partial charge in [0.05, 0.1) is 0 Å². The fourth-order valence-electron chi connectivity index (χ4n) is 1.76. The van der Waals surface area contributed by atoms with Gasteiger partial charge in [-0.25, -0.2) is 4.79 Å². The van der Waals surface area contributed by atoms with Gasteiger partial charge in [0.1, 0.15) is 0 Å². The standard InChI is InChI=1S/C14H28N2O3/c1-4-12(2)11-16(3)14(19)15-10-8-6-5-7-9-13(17)18/h12H,4-11H2,1-3H3,(H,15,19)(H,17,18). The van der Waals surface area contributed by atoms with Crippen molar-refractivity contribution in [1.29, 1.82) is 0 Å². The molecule has 0 heterocycles. The van der Waals surface area contributed by atoms with E-state index in [0.717, 1.165) is 38.6 Å². The first-order valence-electron chi connectivity index (χ1n) is 7.18. The predicted octanol–water partition coefficient (Wildman–Crippen LogP) is 2.71. The van der Waals surface area contributed by atoms with Crippen molar-refractivity contribution in [2.24, 2.45) is 5.92 Å². The van der Waals surface area contributed by atoms with E-state index in [0.29, 0.717) is 12.5 Å². The van der Waals surface area contributed by atoms with Crippen molar-refractivity contribution in [2.75, 3.05) is 20.1 Å². The lowest BCUT2D eigenvalue weighted by molar-refractivity contribution is -0.137. The summed E-state index contributed by atoms with van der Waals surface area (Å²) in [5.74, 6) is -0.216. The molecule has 0 aromatic rings. The molecule has 0 aromatic heterocycles. The monoisotopic (exact) mass is 272 g/mol. The lowest BCUT2D eigenvalue weighted by Crippen LogP contribution is -2.39. The molecule has 1 unspecified atom stereocenters. The van der Waals surface area contributed by atoms with Crippen LogP contribution in [-0.4, -0.2) is 42.1 Å². The lowest BCUT2D eigenvalue weighted by atomic mass is 10.1. The van der Waals surface area contributed by atoms with Crippen LogP contribution >= 0.6 is 0 Å². The zero-order valence-electron chi connectivity index (χ0n) is 12.4. The van der Waals surface area contributed by atoms with E-state index in [2.05, 4.69) is 19.2 Å². The second kappa shape index (κ2) is 10.6. The van der Waals surface area contributed by atoms with E-state index in [-0.39, 0.29) is 12.5 Å². The molecule has 0 aliphatic heterocycles. The molecule has 0 rings (SSSR count). The van der Waals surface area contributed by atoms with Crippen LogP contribution in [0.15, 0.2) is 0 Å². The van der Waals surface area contributed by atoms with Crippen LogP contribution in [0, 0.1) is 5.92 Å². The maximum absolute atomic E-state index is 11.7. The molecule has 1 atom stereocenters. The number of unbranched alkanes of at least 4 members (excludes halogenated alkanes) is 3. The van der Waals surface area contributed by atoms with Gasteiger partial charge < -0.3 is 15.3 Å². The Bertz CT molecular complexity index is 269. The van der Waals surface area contributed by atoms with Gasteiger partial charge in [0, 0.05) is 26.6 Å². The quantitative estimate of drug-likeness (QED) is 0.601. The van der Waals surface area contributed by atoms with Gasteiger partial charge >= 0.3 is 12.0 Å². The molecule has 5 heteroatoms. The Hall–Kier alpha value is -1.26. The molecule has 0 bridgehead atoms. The van der Waals surface area contributed by atoms with Crippen molar-refractivity contribution < 1.29 is 14.7 Å². The molecular weight excluding hydrogens is 244 g/mol. The molecule has 0 saturated heterocycles. The van der Waals surface area contributed by atoms with E-state index in [1.165, 1.54) is 0 Å². The van der Waals surface area contributed by atoms with Gasteiger partial charge in [-0.05, 0) is 18.8 Å². The summed E-state index contributed by atoms with van der Waals surface area (Å²) in [6.45, 7) is 5.69. The molecule has 112 valence electrons. The van der Waals surface area contributed by atoms with Crippen LogP contribution < -0.4 is 5.32 Å². The first-order chi connectivity index (χ1) is 8.97. The minimum Gasteiger partial charge on any atom is -0.481 e. The average Bonchev–Trinajstić information content (AvgIpc) is 2.36. The number of carbonyl (C=O) groups is 2. The van der Waals surface area contributed by atoms with Crippen LogP contribution in [0.25, 0.3) is 0 Å². The van der Waals surface area contributed by atoms with Crippen molar-refractivity contribution >= 4 is 12.0 Å². The Morgan fingerprint density at radius 2 is 1.84 bits per heavy atom. The first kappa shape index (κ1) is 17.7. The van der Waals surface area contributed by atoms with Crippen LogP contribution in [-0.2, 0) is 4.79 Å². The van der Waals surface area contributed by atoms with Crippen molar-refractivity contribution in [2.45, 2.75) is 52.4 Å². The summed E-state index contributed by atoms with van der Waals surface area (Å²) in [4.78, 5) is 23.7. The van der Waals surface area contributed by atoms with Crippen molar-refractivity contribution in [3.63, 3.8) is 0 Å². The molecule has 0 aliphatic rings. The minimum absolute atomic E-state index is 0.0224.